The summed E-state index contributed by atoms with van der Waals surface area (Å²) < 4.78 is 18.8. The van der Waals surface area contributed by atoms with E-state index in [-0.39, 0.29) is 42.4 Å². The number of hydrogen-bond acceptors (Lipinski definition) is 3. The summed E-state index contributed by atoms with van der Waals surface area (Å²) >= 11 is 0. The minimum absolute atomic E-state index is 0. The molecule has 0 saturated heterocycles. The number of primary amides is 1. The molecular weight excluding hydrogens is 486 g/mol. The van der Waals surface area contributed by atoms with Gasteiger partial charge in [0.15, 0.2) is 5.96 Å². The van der Waals surface area contributed by atoms with Gasteiger partial charge in [-0.15, -0.1) is 24.0 Å². The Hall–Kier alpha value is -1.42. The number of rotatable bonds is 12. The van der Waals surface area contributed by atoms with Crippen molar-refractivity contribution in [3.63, 3.8) is 0 Å². The molecule has 1 aromatic carbocycles. The Balaban J connectivity index is 0.00000784. The quantitative estimate of drug-likeness (QED) is 0.224. The van der Waals surface area contributed by atoms with Crippen LogP contribution in [-0.2, 0) is 16.0 Å². The van der Waals surface area contributed by atoms with Crippen LogP contribution in [0.1, 0.15) is 39.7 Å². The Morgan fingerprint density at radius 1 is 1.21 bits per heavy atom. The molecule has 1 aromatic rings. The Labute approximate surface area is 191 Å². The third kappa shape index (κ3) is 11.4. The maximum absolute atomic E-state index is 13.1. The van der Waals surface area contributed by atoms with E-state index in [1.807, 2.05) is 13.8 Å². The maximum Gasteiger partial charge on any atom is 0.222 e. The number of carbonyl (C=O) groups excluding carboxylic acids is 1. The van der Waals surface area contributed by atoms with E-state index in [1.54, 1.807) is 12.1 Å². The van der Waals surface area contributed by atoms with Gasteiger partial charge < -0.3 is 21.1 Å². The molecule has 0 spiro atoms. The predicted molar refractivity (Wildman–Crippen MR) is 127 cm³/mol. The number of carbonyl (C=O) groups is 1. The summed E-state index contributed by atoms with van der Waals surface area (Å²) in [4.78, 5) is 16.3. The van der Waals surface area contributed by atoms with Gasteiger partial charge in [-0.3, -0.25) is 9.79 Å². The number of nitrogens with two attached hydrogens (primary N) is 1. The third-order valence-electron chi connectivity index (χ3n) is 4.46. The first kappa shape index (κ1) is 27.6. The molecule has 0 fully saturated rings. The first-order valence-electron chi connectivity index (χ1n) is 10.0. The molecule has 2 atom stereocenters. The number of ether oxygens (including phenoxy) is 1. The smallest absolute Gasteiger partial charge is 0.222 e. The van der Waals surface area contributed by atoms with E-state index in [2.05, 4.69) is 29.5 Å². The van der Waals surface area contributed by atoms with E-state index in [9.17, 15) is 9.18 Å². The fourth-order valence-electron chi connectivity index (χ4n) is 2.86. The normalized spacial score (nSPS) is 13.5. The minimum atomic E-state index is -0.451. The Morgan fingerprint density at radius 3 is 2.38 bits per heavy atom. The molecular formula is C21H36FIN4O2. The highest BCUT2D eigenvalue weighted by molar-refractivity contribution is 14.0. The number of nitrogens with zero attached hydrogens (tertiary/aromatic N) is 1. The van der Waals surface area contributed by atoms with Crippen molar-refractivity contribution in [3.8, 4) is 0 Å². The second-order valence-electron chi connectivity index (χ2n) is 7.10. The van der Waals surface area contributed by atoms with Crippen molar-refractivity contribution in [1.29, 1.82) is 0 Å². The van der Waals surface area contributed by atoms with Gasteiger partial charge in [-0.25, -0.2) is 4.39 Å². The van der Waals surface area contributed by atoms with Crippen molar-refractivity contribution in [1.82, 2.24) is 10.6 Å². The third-order valence-corrected chi connectivity index (χ3v) is 4.46. The van der Waals surface area contributed by atoms with E-state index in [0.717, 1.165) is 12.0 Å². The number of guanidine groups is 1. The molecule has 2 unspecified atom stereocenters. The molecule has 1 amide bonds. The van der Waals surface area contributed by atoms with Gasteiger partial charge in [-0.2, -0.15) is 0 Å². The molecule has 1 rings (SSSR count). The predicted octanol–water partition coefficient (Wildman–Crippen LogP) is 3.09. The Morgan fingerprint density at radius 2 is 1.86 bits per heavy atom. The molecule has 166 valence electrons. The van der Waals surface area contributed by atoms with Crippen LogP contribution >= 0.6 is 24.0 Å². The molecule has 0 aliphatic carbocycles. The van der Waals surface area contributed by atoms with Gasteiger partial charge in [0, 0.05) is 19.7 Å². The SMILES string of the molecule is CCNC(=NCC(Cc1ccc(F)cc1)C(N)=O)NCCC(OCC)C(C)C.I. The van der Waals surface area contributed by atoms with Crippen molar-refractivity contribution >= 4 is 35.8 Å². The highest BCUT2D eigenvalue weighted by atomic mass is 127. The number of amides is 1. The lowest BCUT2D eigenvalue weighted by molar-refractivity contribution is -0.121. The van der Waals surface area contributed by atoms with Crippen molar-refractivity contribution < 1.29 is 13.9 Å². The van der Waals surface area contributed by atoms with Crippen LogP contribution in [0.5, 0.6) is 0 Å². The van der Waals surface area contributed by atoms with Crippen LogP contribution in [0.25, 0.3) is 0 Å². The van der Waals surface area contributed by atoms with E-state index in [4.69, 9.17) is 10.5 Å². The molecule has 0 aromatic heterocycles. The first-order chi connectivity index (χ1) is 13.4. The summed E-state index contributed by atoms with van der Waals surface area (Å²) in [5.41, 5.74) is 6.40. The number of hydrogen-bond donors (Lipinski definition) is 3. The maximum atomic E-state index is 13.1. The van der Waals surface area contributed by atoms with Crippen molar-refractivity contribution in [2.45, 2.75) is 46.6 Å². The fraction of sp³-hybridized carbons (Fsp3) is 0.619. The largest absolute Gasteiger partial charge is 0.378 e. The molecule has 0 heterocycles. The lowest BCUT2D eigenvalue weighted by Crippen LogP contribution is -2.40. The summed E-state index contributed by atoms with van der Waals surface area (Å²) in [7, 11) is 0. The lowest BCUT2D eigenvalue weighted by Gasteiger charge is -2.21. The van der Waals surface area contributed by atoms with Gasteiger partial charge >= 0.3 is 0 Å². The number of halogens is 2. The van der Waals surface area contributed by atoms with E-state index in [1.165, 1.54) is 12.1 Å². The van der Waals surface area contributed by atoms with Gasteiger partial charge in [-0.1, -0.05) is 26.0 Å². The summed E-state index contributed by atoms with van der Waals surface area (Å²) in [6.45, 7) is 10.7. The van der Waals surface area contributed by atoms with E-state index >= 15 is 0 Å². The van der Waals surface area contributed by atoms with Crippen molar-refractivity contribution in [2.75, 3.05) is 26.2 Å². The molecule has 0 aliphatic rings. The molecule has 6 nitrogen and oxygen atoms in total. The minimum Gasteiger partial charge on any atom is -0.378 e. The van der Waals surface area contributed by atoms with Crippen molar-refractivity contribution in [3.05, 3.63) is 35.6 Å². The molecule has 0 bridgehead atoms. The van der Waals surface area contributed by atoms with Crippen LogP contribution in [0.15, 0.2) is 29.3 Å². The summed E-state index contributed by atoms with van der Waals surface area (Å²) in [6, 6.07) is 6.09. The Bertz CT molecular complexity index is 611. The lowest BCUT2D eigenvalue weighted by atomic mass is 9.99. The van der Waals surface area contributed by atoms with E-state index in [0.29, 0.717) is 38.0 Å². The second-order valence-corrected chi connectivity index (χ2v) is 7.10. The number of benzene rings is 1. The van der Waals surface area contributed by atoms with Crippen molar-refractivity contribution in [2.24, 2.45) is 22.6 Å². The van der Waals surface area contributed by atoms with Gasteiger partial charge in [0.2, 0.25) is 5.91 Å². The monoisotopic (exact) mass is 522 g/mol. The molecule has 29 heavy (non-hydrogen) atoms. The highest BCUT2D eigenvalue weighted by Crippen LogP contribution is 2.11. The Kier molecular flexibility index (Phi) is 14.7. The standard InChI is InChI=1S/C21H35FN4O2.HI/c1-5-24-21(25-12-11-19(15(3)4)28-6-2)26-14-17(20(23)27)13-16-7-9-18(22)10-8-16;/h7-10,15,17,19H,5-6,11-14H2,1-4H3,(H2,23,27)(H2,24,25,26);1H. The van der Waals surface area contributed by atoms with Gasteiger partial charge in [0.1, 0.15) is 5.82 Å². The number of aliphatic imine (C=N–C) groups is 1. The average Bonchev–Trinajstić information content (AvgIpc) is 2.65. The topological polar surface area (TPSA) is 88.7 Å². The van der Waals surface area contributed by atoms with Crippen LogP contribution < -0.4 is 16.4 Å². The summed E-state index contributed by atoms with van der Waals surface area (Å²) in [5, 5.41) is 6.47. The van der Waals surface area contributed by atoms with E-state index < -0.39 is 11.8 Å². The zero-order valence-electron chi connectivity index (χ0n) is 17.9. The summed E-state index contributed by atoms with van der Waals surface area (Å²) in [6.07, 6.45) is 1.49. The van der Waals surface area contributed by atoms with Crippen LogP contribution in [0.4, 0.5) is 4.39 Å². The molecule has 0 saturated carbocycles. The first-order valence-corrected chi connectivity index (χ1v) is 10.0. The second kappa shape index (κ2) is 15.4. The molecule has 8 heteroatoms. The number of nitrogens with one attached hydrogen (secondary N) is 2. The van der Waals surface area contributed by atoms with Crippen LogP contribution in [0, 0.1) is 17.7 Å². The molecule has 4 N–H and O–H groups in total. The van der Waals surface area contributed by atoms with Crippen LogP contribution in [0.3, 0.4) is 0 Å². The highest BCUT2D eigenvalue weighted by Gasteiger charge is 2.17. The summed E-state index contributed by atoms with van der Waals surface area (Å²) in [5.74, 6) is -0.0845. The zero-order valence-corrected chi connectivity index (χ0v) is 20.2. The van der Waals surface area contributed by atoms with Crippen LogP contribution in [-0.4, -0.2) is 44.2 Å². The average molecular weight is 522 g/mol. The molecule has 0 aliphatic heterocycles. The molecule has 0 radical (unpaired) electrons. The zero-order chi connectivity index (χ0) is 20.9. The van der Waals surface area contributed by atoms with Gasteiger partial charge in [0.05, 0.1) is 18.6 Å². The van der Waals surface area contributed by atoms with Crippen LogP contribution in [0.2, 0.25) is 0 Å². The van der Waals surface area contributed by atoms with Gasteiger partial charge in [0.25, 0.3) is 0 Å². The van der Waals surface area contributed by atoms with Gasteiger partial charge in [-0.05, 0) is 50.3 Å². The fourth-order valence-corrected chi connectivity index (χ4v) is 2.86.